The van der Waals surface area contributed by atoms with Gasteiger partial charge in [0.25, 0.3) is 0 Å². The summed E-state index contributed by atoms with van der Waals surface area (Å²) < 4.78 is 14.9. The normalized spacial score (nSPS) is 16.6. The molecule has 3 N–H and O–H groups in total. The van der Waals surface area contributed by atoms with Crippen LogP contribution in [-0.2, 0) is 11.4 Å². The number of carbonyl (C=O) groups is 2. The van der Waals surface area contributed by atoms with Crippen molar-refractivity contribution in [2.75, 3.05) is 5.32 Å². The highest BCUT2D eigenvalue weighted by atomic mass is 32.1. The average molecular weight is 489 g/mol. The SMILES string of the molecule is O=C(O)[C@H]1C[C@@H]1C(=O)c1ccc(-c2ccc(Nc3nc(-c4ccc(CO)cc4)cs3)c(F)c2)cc1. The first kappa shape index (κ1) is 22.9. The largest absolute Gasteiger partial charge is 0.481 e. The Hall–Kier alpha value is -3.88. The van der Waals surface area contributed by atoms with Gasteiger partial charge >= 0.3 is 5.97 Å². The molecule has 0 radical (unpaired) electrons. The first-order chi connectivity index (χ1) is 16.9. The van der Waals surface area contributed by atoms with Gasteiger partial charge in [0.2, 0.25) is 0 Å². The average Bonchev–Trinajstić information content (AvgIpc) is 3.56. The number of anilines is 2. The summed E-state index contributed by atoms with van der Waals surface area (Å²) in [6.07, 6.45) is 0.381. The number of ketones is 1. The summed E-state index contributed by atoms with van der Waals surface area (Å²) in [6.45, 7) is -0.0185. The number of hydrogen-bond donors (Lipinski definition) is 3. The summed E-state index contributed by atoms with van der Waals surface area (Å²) in [7, 11) is 0. The molecule has 176 valence electrons. The Morgan fingerprint density at radius 2 is 1.66 bits per heavy atom. The van der Waals surface area contributed by atoms with E-state index in [1.807, 2.05) is 29.6 Å². The number of nitrogens with one attached hydrogen (secondary N) is 1. The molecule has 1 saturated carbocycles. The molecule has 2 atom stereocenters. The number of aliphatic hydroxyl groups is 1. The third-order valence-corrected chi connectivity index (χ3v) is 6.85. The molecule has 1 aliphatic rings. The summed E-state index contributed by atoms with van der Waals surface area (Å²) in [6, 6.07) is 19.1. The van der Waals surface area contributed by atoms with E-state index in [1.165, 1.54) is 17.4 Å². The number of carboxylic acid groups (broad SMARTS) is 1. The fourth-order valence-electron chi connectivity index (χ4n) is 3.95. The monoisotopic (exact) mass is 488 g/mol. The van der Waals surface area contributed by atoms with Gasteiger partial charge in [-0.3, -0.25) is 9.59 Å². The van der Waals surface area contributed by atoms with Crippen LogP contribution in [0, 0.1) is 17.7 Å². The summed E-state index contributed by atoms with van der Waals surface area (Å²) >= 11 is 1.37. The van der Waals surface area contributed by atoms with Gasteiger partial charge in [0.05, 0.1) is 23.9 Å². The lowest BCUT2D eigenvalue weighted by Gasteiger charge is -2.08. The predicted octanol–water partition coefficient (Wildman–Crippen LogP) is 5.76. The third kappa shape index (κ3) is 4.84. The molecule has 4 aromatic rings. The number of hydrogen-bond acceptors (Lipinski definition) is 6. The Bertz CT molecular complexity index is 1400. The van der Waals surface area contributed by atoms with E-state index in [-0.39, 0.29) is 12.4 Å². The van der Waals surface area contributed by atoms with Gasteiger partial charge in [-0.15, -0.1) is 11.3 Å². The topological polar surface area (TPSA) is 99.5 Å². The Morgan fingerprint density at radius 1 is 0.971 bits per heavy atom. The van der Waals surface area contributed by atoms with Gasteiger partial charge in [-0.05, 0) is 35.2 Å². The molecule has 0 aliphatic heterocycles. The lowest BCUT2D eigenvalue weighted by atomic mass is 10.00. The smallest absolute Gasteiger partial charge is 0.307 e. The molecule has 1 heterocycles. The Balaban J connectivity index is 1.27. The predicted molar refractivity (Wildman–Crippen MR) is 132 cm³/mol. The lowest BCUT2D eigenvalue weighted by molar-refractivity contribution is -0.138. The fraction of sp³-hybridized carbons (Fsp3) is 0.148. The number of rotatable bonds is 8. The molecule has 1 fully saturated rings. The van der Waals surface area contributed by atoms with Crippen molar-refractivity contribution in [2.45, 2.75) is 13.0 Å². The van der Waals surface area contributed by atoms with Gasteiger partial charge < -0.3 is 15.5 Å². The van der Waals surface area contributed by atoms with E-state index in [2.05, 4.69) is 10.3 Å². The summed E-state index contributed by atoms with van der Waals surface area (Å²) in [5, 5.41) is 23.7. The fourth-order valence-corrected chi connectivity index (χ4v) is 4.69. The second-order valence-corrected chi connectivity index (χ2v) is 9.30. The highest BCUT2D eigenvalue weighted by molar-refractivity contribution is 7.14. The molecule has 0 bridgehead atoms. The first-order valence-electron chi connectivity index (χ1n) is 11.0. The number of Topliss-reactive ketones (excluding diaryl/α,β-unsaturated/α-hetero) is 1. The molecule has 0 amide bonds. The van der Waals surface area contributed by atoms with Gasteiger partial charge in [-0.1, -0.05) is 54.6 Å². The van der Waals surface area contributed by atoms with Crippen molar-refractivity contribution in [3.8, 4) is 22.4 Å². The molecule has 3 aromatic carbocycles. The van der Waals surface area contributed by atoms with Crippen molar-refractivity contribution in [2.24, 2.45) is 11.8 Å². The Kier molecular flexibility index (Phi) is 6.15. The number of aromatic nitrogens is 1. The highest BCUT2D eigenvalue weighted by Crippen LogP contribution is 2.41. The Labute approximate surface area is 204 Å². The van der Waals surface area contributed by atoms with E-state index in [4.69, 9.17) is 5.11 Å². The molecular formula is C27H21FN2O4S. The lowest BCUT2D eigenvalue weighted by Crippen LogP contribution is -2.08. The summed E-state index contributed by atoms with van der Waals surface area (Å²) in [5.41, 5.74) is 4.66. The Morgan fingerprint density at radius 3 is 2.29 bits per heavy atom. The molecule has 6 nitrogen and oxygen atoms in total. The van der Waals surface area contributed by atoms with Crippen LogP contribution in [-0.4, -0.2) is 26.9 Å². The molecular weight excluding hydrogens is 467 g/mol. The summed E-state index contributed by atoms with van der Waals surface area (Å²) in [5.74, 6) is -2.57. The number of benzene rings is 3. The minimum Gasteiger partial charge on any atom is -0.481 e. The maximum absolute atomic E-state index is 14.9. The number of aliphatic carboxylic acids is 1. The van der Waals surface area contributed by atoms with Crippen molar-refractivity contribution in [3.63, 3.8) is 0 Å². The minimum absolute atomic E-state index is 0.0185. The minimum atomic E-state index is -0.935. The van der Waals surface area contributed by atoms with Gasteiger partial charge in [0.1, 0.15) is 5.82 Å². The number of thiazole rings is 1. The van der Waals surface area contributed by atoms with E-state index >= 15 is 0 Å². The first-order valence-corrected chi connectivity index (χ1v) is 11.9. The number of halogens is 1. The van der Waals surface area contributed by atoms with Gasteiger partial charge in [-0.25, -0.2) is 9.37 Å². The van der Waals surface area contributed by atoms with Crippen molar-refractivity contribution in [1.29, 1.82) is 0 Å². The summed E-state index contributed by atoms with van der Waals surface area (Å²) in [4.78, 5) is 27.9. The molecule has 1 aromatic heterocycles. The number of carbonyl (C=O) groups excluding carboxylic acids is 1. The van der Waals surface area contributed by atoms with E-state index in [9.17, 15) is 19.1 Å². The van der Waals surface area contributed by atoms with E-state index < -0.39 is 23.6 Å². The van der Waals surface area contributed by atoms with Crippen LogP contribution in [0.5, 0.6) is 0 Å². The zero-order valence-electron chi connectivity index (χ0n) is 18.4. The molecule has 0 unspecified atom stereocenters. The highest BCUT2D eigenvalue weighted by Gasteiger charge is 2.48. The maximum Gasteiger partial charge on any atom is 0.307 e. The molecule has 5 rings (SSSR count). The molecule has 0 saturated heterocycles. The van der Waals surface area contributed by atoms with Gasteiger partial charge in [0, 0.05) is 22.4 Å². The van der Waals surface area contributed by atoms with Crippen LogP contribution in [0.2, 0.25) is 0 Å². The van der Waals surface area contributed by atoms with Crippen molar-refractivity contribution in [3.05, 3.63) is 89.1 Å². The van der Waals surface area contributed by atoms with Crippen LogP contribution in [0.3, 0.4) is 0 Å². The molecule has 8 heteroatoms. The van der Waals surface area contributed by atoms with E-state index in [0.717, 1.165) is 22.4 Å². The van der Waals surface area contributed by atoms with Crippen LogP contribution in [0.1, 0.15) is 22.3 Å². The number of aliphatic hydroxyl groups excluding tert-OH is 1. The van der Waals surface area contributed by atoms with E-state index in [0.29, 0.717) is 28.4 Å². The second-order valence-electron chi connectivity index (χ2n) is 8.44. The number of nitrogens with zero attached hydrogens (tertiary/aromatic N) is 1. The molecule has 35 heavy (non-hydrogen) atoms. The van der Waals surface area contributed by atoms with Crippen LogP contribution < -0.4 is 5.32 Å². The van der Waals surface area contributed by atoms with Gasteiger partial charge in [-0.2, -0.15) is 0 Å². The standard InChI is InChI=1S/C27H21FN2O4S/c28-22-11-19(16-5-7-18(8-6-16)25(32)20-12-21(20)26(33)34)9-10-23(22)29-27-30-24(14-35-27)17-3-1-15(13-31)2-4-17/h1-11,14,20-21,31H,12-13H2,(H,29,30)(H,33,34)/t20-,21-/m0/s1. The van der Waals surface area contributed by atoms with Crippen molar-refractivity contribution >= 4 is 33.9 Å². The zero-order valence-corrected chi connectivity index (χ0v) is 19.3. The quantitative estimate of drug-likeness (QED) is 0.273. The van der Waals surface area contributed by atoms with Gasteiger partial charge in [0.15, 0.2) is 10.9 Å². The number of carboxylic acids is 1. The second kappa shape index (κ2) is 9.40. The third-order valence-electron chi connectivity index (χ3n) is 6.09. The van der Waals surface area contributed by atoms with Crippen LogP contribution >= 0.6 is 11.3 Å². The van der Waals surface area contributed by atoms with Crippen molar-refractivity contribution in [1.82, 2.24) is 4.98 Å². The van der Waals surface area contributed by atoms with Crippen molar-refractivity contribution < 1.29 is 24.2 Å². The maximum atomic E-state index is 14.9. The van der Waals surface area contributed by atoms with Crippen LogP contribution in [0.25, 0.3) is 22.4 Å². The molecule has 1 aliphatic carbocycles. The van der Waals surface area contributed by atoms with Crippen LogP contribution in [0.4, 0.5) is 15.2 Å². The van der Waals surface area contributed by atoms with Crippen LogP contribution in [0.15, 0.2) is 72.1 Å². The molecule has 0 spiro atoms. The van der Waals surface area contributed by atoms with E-state index in [1.54, 1.807) is 36.4 Å². The zero-order chi connectivity index (χ0) is 24.5.